The largest absolute Gasteiger partial charge is 0.501 e. The maximum absolute atomic E-state index is 11.8. The Balaban J connectivity index is 2.17. The maximum Gasteiger partial charge on any atom is 0.501 e. The molecule has 0 aromatic heterocycles. The normalized spacial score (nSPS) is 16.0. The average Bonchev–Trinajstić information content (AvgIpc) is 3.39. The molecule has 1 heterocycles. The van der Waals surface area contributed by atoms with Crippen LogP contribution >= 0.6 is 0 Å². The van der Waals surface area contributed by atoms with Crippen molar-refractivity contribution in [1.29, 1.82) is 0 Å². The Labute approximate surface area is 153 Å². The van der Waals surface area contributed by atoms with Gasteiger partial charge in [-0.1, -0.05) is 0 Å². The van der Waals surface area contributed by atoms with E-state index in [1.165, 1.54) is 0 Å². The van der Waals surface area contributed by atoms with E-state index < -0.39 is 8.80 Å². The zero-order valence-electron chi connectivity index (χ0n) is 16.3. The van der Waals surface area contributed by atoms with Crippen molar-refractivity contribution in [2.75, 3.05) is 59.3 Å². The summed E-state index contributed by atoms with van der Waals surface area (Å²) < 4.78 is 28.3. The molecule has 0 radical (unpaired) electrons. The molecular weight excluding hydrogens is 342 g/mol. The Morgan fingerprint density at radius 3 is 2.16 bits per heavy atom. The van der Waals surface area contributed by atoms with Crippen molar-refractivity contribution in [3.05, 3.63) is 0 Å². The number of rotatable bonds is 16. The number of carbonyl (C=O) groups is 1. The minimum Gasteiger partial charge on any atom is -0.464 e. The SMILES string of the molecule is CCO[Si](CCCOCC(C)C(=O)OCCN1CC1)(OCC)OCC. The van der Waals surface area contributed by atoms with Crippen molar-refractivity contribution >= 4 is 14.8 Å². The van der Waals surface area contributed by atoms with Gasteiger partial charge in [0.2, 0.25) is 0 Å². The lowest BCUT2D eigenvalue weighted by molar-refractivity contribution is -0.150. The number of esters is 1. The standard InChI is InChI=1S/C17H35NO6Si/c1-5-22-25(23-6-2,24-7-3)14-8-12-20-15-16(4)17(19)21-13-11-18-9-10-18/h16H,5-15H2,1-4H3. The van der Waals surface area contributed by atoms with Crippen LogP contribution in [0, 0.1) is 5.92 Å². The minimum absolute atomic E-state index is 0.191. The van der Waals surface area contributed by atoms with E-state index in [1.807, 2.05) is 27.7 Å². The van der Waals surface area contributed by atoms with Crippen LogP contribution in [0.3, 0.4) is 0 Å². The summed E-state index contributed by atoms with van der Waals surface area (Å²) in [7, 11) is -2.59. The van der Waals surface area contributed by atoms with Gasteiger partial charge in [0.1, 0.15) is 6.61 Å². The van der Waals surface area contributed by atoms with Crippen LogP contribution in [0.25, 0.3) is 0 Å². The van der Waals surface area contributed by atoms with Crippen molar-refractivity contribution in [2.24, 2.45) is 5.92 Å². The number of hydrogen-bond acceptors (Lipinski definition) is 7. The lowest BCUT2D eigenvalue weighted by Gasteiger charge is -2.28. The number of carbonyl (C=O) groups excluding carboxylic acids is 1. The molecule has 25 heavy (non-hydrogen) atoms. The summed E-state index contributed by atoms with van der Waals surface area (Å²) in [4.78, 5) is 14.1. The molecule has 0 aliphatic carbocycles. The topological polar surface area (TPSA) is 66.2 Å². The molecule has 0 aromatic carbocycles. The first-order valence-electron chi connectivity index (χ1n) is 9.45. The molecule has 0 N–H and O–H groups in total. The number of nitrogens with zero attached hydrogens (tertiary/aromatic N) is 1. The van der Waals surface area contributed by atoms with Gasteiger partial charge in [-0.15, -0.1) is 0 Å². The molecule has 8 heteroatoms. The summed E-state index contributed by atoms with van der Waals surface area (Å²) in [5.41, 5.74) is 0. The molecule has 0 aromatic rings. The molecular formula is C17H35NO6Si. The molecule has 0 saturated carbocycles. The Bertz CT molecular complexity index is 350. The van der Waals surface area contributed by atoms with Gasteiger partial charge in [0, 0.05) is 52.1 Å². The zero-order chi connectivity index (χ0) is 18.5. The van der Waals surface area contributed by atoms with E-state index in [2.05, 4.69) is 4.90 Å². The summed E-state index contributed by atoms with van der Waals surface area (Å²) in [6.45, 7) is 13.9. The van der Waals surface area contributed by atoms with Gasteiger partial charge in [0.15, 0.2) is 0 Å². The summed E-state index contributed by atoms with van der Waals surface area (Å²) in [6, 6.07) is 0.719. The molecule has 1 fully saturated rings. The highest BCUT2D eigenvalue weighted by Gasteiger charge is 2.39. The summed E-state index contributed by atoms with van der Waals surface area (Å²) >= 11 is 0. The van der Waals surface area contributed by atoms with Gasteiger partial charge >= 0.3 is 14.8 Å². The van der Waals surface area contributed by atoms with Gasteiger partial charge in [0.05, 0.1) is 12.5 Å². The van der Waals surface area contributed by atoms with Crippen LogP contribution in [0.1, 0.15) is 34.1 Å². The van der Waals surface area contributed by atoms with Crippen molar-refractivity contribution in [3.8, 4) is 0 Å². The van der Waals surface area contributed by atoms with E-state index in [4.69, 9.17) is 22.8 Å². The van der Waals surface area contributed by atoms with Crippen LogP contribution in [0.15, 0.2) is 0 Å². The Hall–Kier alpha value is -0.513. The monoisotopic (exact) mass is 377 g/mol. The molecule has 0 spiro atoms. The smallest absolute Gasteiger partial charge is 0.464 e. The van der Waals surface area contributed by atoms with Crippen LogP contribution in [0.2, 0.25) is 6.04 Å². The molecule has 1 atom stereocenters. The fourth-order valence-corrected chi connectivity index (χ4v) is 5.01. The van der Waals surface area contributed by atoms with E-state index in [-0.39, 0.29) is 11.9 Å². The first-order valence-corrected chi connectivity index (χ1v) is 11.4. The molecule has 1 rings (SSSR count). The van der Waals surface area contributed by atoms with E-state index in [9.17, 15) is 4.79 Å². The lowest BCUT2D eigenvalue weighted by Crippen LogP contribution is -2.46. The van der Waals surface area contributed by atoms with Crippen molar-refractivity contribution in [3.63, 3.8) is 0 Å². The molecule has 1 unspecified atom stereocenters. The Morgan fingerprint density at radius 2 is 1.64 bits per heavy atom. The summed E-state index contributed by atoms with van der Waals surface area (Å²) in [5.74, 6) is -0.439. The highest BCUT2D eigenvalue weighted by molar-refractivity contribution is 6.60. The van der Waals surface area contributed by atoms with Crippen LogP contribution in [0.5, 0.6) is 0 Å². The predicted molar refractivity (Wildman–Crippen MR) is 97.4 cm³/mol. The van der Waals surface area contributed by atoms with Gasteiger partial charge < -0.3 is 22.8 Å². The highest BCUT2D eigenvalue weighted by Crippen LogP contribution is 2.18. The van der Waals surface area contributed by atoms with Gasteiger partial charge in [-0.2, -0.15) is 0 Å². The molecule has 7 nitrogen and oxygen atoms in total. The number of ether oxygens (including phenoxy) is 2. The van der Waals surface area contributed by atoms with Crippen LogP contribution in [-0.4, -0.2) is 78.9 Å². The van der Waals surface area contributed by atoms with E-state index in [1.54, 1.807) is 0 Å². The van der Waals surface area contributed by atoms with Gasteiger partial charge in [-0.3, -0.25) is 9.69 Å². The lowest BCUT2D eigenvalue weighted by atomic mass is 10.2. The second-order valence-electron chi connectivity index (χ2n) is 6.07. The Morgan fingerprint density at radius 1 is 1.04 bits per heavy atom. The molecule has 148 valence electrons. The molecule has 0 bridgehead atoms. The van der Waals surface area contributed by atoms with Gasteiger partial charge in [0.25, 0.3) is 0 Å². The van der Waals surface area contributed by atoms with Crippen LogP contribution in [-0.2, 0) is 27.5 Å². The molecule has 1 saturated heterocycles. The third-order valence-electron chi connectivity index (χ3n) is 3.83. The summed E-state index contributed by atoms with van der Waals surface area (Å²) in [5, 5.41) is 0. The Kier molecular flexibility index (Phi) is 11.5. The fourth-order valence-electron chi connectivity index (χ4n) is 2.43. The first-order chi connectivity index (χ1) is 12.1. The minimum atomic E-state index is -2.59. The maximum atomic E-state index is 11.8. The quantitative estimate of drug-likeness (QED) is 0.176. The highest BCUT2D eigenvalue weighted by atomic mass is 28.4. The third kappa shape index (κ3) is 9.67. The van der Waals surface area contributed by atoms with Gasteiger partial charge in [-0.05, 0) is 34.1 Å². The van der Waals surface area contributed by atoms with E-state index in [0.717, 1.165) is 32.1 Å². The molecule has 0 amide bonds. The van der Waals surface area contributed by atoms with E-state index >= 15 is 0 Å². The van der Waals surface area contributed by atoms with Crippen LogP contribution < -0.4 is 0 Å². The third-order valence-corrected chi connectivity index (χ3v) is 6.98. The van der Waals surface area contributed by atoms with Crippen molar-refractivity contribution in [1.82, 2.24) is 4.90 Å². The summed E-state index contributed by atoms with van der Waals surface area (Å²) in [6.07, 6.45) is 0.781. The average molecular weight is 378 g/mol. The fraction of sp³-hybridized carbons (Fsp3) is 0.941. The van der Waals surface area contributed by atoms with Crippen LogP contribution in [0.4, 0.5) is 0 Å². The molecule has 1 aliphatic rings. The first kappa shape index (κ1) is 22.5. The molecule has 1 aliphatic heterocycles. The van der Waals surface area contributed by atoms with E-state index in [0.29, 0.717) is 39.6 Å². The van der Waals surface area contributed by atoms with Crippen molar-refractivity contribution < 1.29 is 27.5 Å². The second kappa shape index (κ2) is 12.8. The predicted octanol–water partition coefficient (Wildman–Crippen LogP) is 1.94. The zero-order valence-corrected chi connectivity index (χ0v) is 17.3. The second-order valence-corrected chi connectivity index (χ2v) is 8.80. The van der Waals surface area contributed by atoms with Crippen molar-refractivity contribution in [2.45, 2.75) is 40.2 Å². The van der Waals surface area contributed by atoms with Gasteiger partial charge in [-0.25, -0.2) is 0 Å². The number of hydrogen-bond donors (Lipinski definition) is 0.